The Bertz CT molecular complexity index is 1450. The molecule has 236 valence electrons. The molecule has 2 aliphatic carbocycles. The van der Waals surface area contributed by atoms with E-state index < -0.39 is 21.1 Å². The van der Waals surface area contributed by atoms with Gasteiger partial charge in [-0.2, -0.15) is 5.26 Å². The number of piperidine rings is 1. The summed E-state index contributed by atoms with van der Waals surface area (Å²) >= 11 is 0. The SMILES string of the molecule is C=C/C=C(F)\C=C(/C)[C@](C#N)(C1CCN(CC2CN(c3ccc(S(=O)(=O)C4CC4)cc3)C2)CC1)[C@H]1CCC[C@@H]1NC(=O)C=C. The molecule has 4 fully saturated rings. The van der Waals surface area contributed by atoms with Crippen LogP contribution in [0.5, 0.6) is 0 Å². The largest absolute Gasteiger partial charge is 0.371 e. The second-order valence-electron chi connectivity index (χ2n) is 13.0. The number of halogens is 1. The quantitative estimate of drug-likeness (QED) is 0.237. The minimum atomic E-state index is -3.17. The Morgan fingerprint density at radius 2 is 1.80 bits per heavy atom. The van der Waals surface area contributed by atoms with Gasteiger partial charge in [0, 0.05) is 43.2 Å². The Labute approximate surface area is 262 Å². The van der Waals surface area contributed by atoms with Gasteiger partial charge in [0.05, 0.1) is 21.6 Å². The summed E-state index contributed by atoms with van der Waals surface area (Å²) in [6.07, 6.45) is 11.2. The van der Waals surface area contributed by atoms with Crippen molar-refractivity contribution in [3.8, 4) is 6.07 Å². The van der Waals surface area contributed by atoms with Crippen molar-refractivity contribution in [1.82, 2.24) is 10.2 Å². The van der Waals surface area contributed by atoms with Gasteiger partial charge < -0.3 is 15.1 Å². The number of hydrogen-bond donors (Lipinski definition) is 1. The first-order chi connectivity index (χ1) is 21.1. The van der Waals surface area contributed by atoms with Crippen molar-refractivity contribution in [3.63, 3.8) is 0 Å². The molecule has 2 saturated carbocycles. The zero-order chi connectivity index (χ0) is 31.5. The van der Waals surface area contributed by atoms with Gasteiger partial charge in [-0.25, -0.2) is 12.8 Å². The average Bonchev–Trinajstić information content (AvgIpc) is 3.77. The van der Waals surface area contributed by atoms with E-state index in [9.17, 15) is 22.9 Å². The van der Waals surface area contributed by atoms with Crippen molar-refractivity contribution in [3.05, 3.63) is 73.1 Å². The third kappa shape index (κ3) is 6.57. The van der Waals surface area contributed by atoms with E-state index in [1.165, 1.54) is 24.3 Å². The molecule has 44 heavy (non-hydrogen) atoms. The van der Waals surface area contributed by atoms with Gasteiger partial charge in [-0.1, -0.05) is 25.7 Å². The minimum absolute atomic E-state index is 0.0473. The Balaban J connectivity index is 1.22. The van der Waals surface area contributed by atoms with E-state index in [2.05, 4.69) is 34.3 Å². The van der Waals surface area contributed by atoms with Crippen molar-refractivity contribution in [2.45, 2.75) is 68.1 Å². The van der Waals surface area contributed by atoms with E-state index in [1.54, 1.807) is 12.1 Å². The highest BCUT2D eigenvalue weighted by atomic mass is 32.2. The molecule has 2 heterocycles. The lowest BCUT2D eigenvalue weighted by Crippen LogP contribution is -2.54. The number of benzene rings is 1. The Morgan fingerprint density at radius 3 is 2.39 bits per heavy atom. The maximum Gasteiger partial charge on any atom is 0.243 e. The molecule has 5 rings (SSSR count). The van der Waals surface area contributed by atoms with Gasteiger partial charge in [0.1, 0.15) is 5.83 Å². The monoisotopic (exact) mass is 620 g/mol. The molecule has 2 aliphatic heterocycles. The summed E-state index contributed by atoms with van der Waals surface area (Å²) in [5, 5.41) is 13.7. The summed E-state index contributed by atoms with van der Waals surface area (Å²) in [7, 11) is -3.17. The van der Waals surface area contributed by atoms with E-state index >= 15 is 0 Å². The summed E-state index contributed by atoms with van der Waals surface area (Å²) in [5.41, 5.74) is 0.882. The summed E-state index contributed by atoms with van der Waals surface area (Å²) in [6, 6.07) is 9.88. The number of nitriles is 1. The van der Waals surface area contributed by atoms with Gasteiger partial charge in [-0.05, 0) is 113 Å². The number of nitrogens with one attached hydrogen (secondary N) is 1. The van der Waals surface area contributed by atoms with Crippen LogP contribution >= 0.6 is 0 Å². The molecule has 0 radical (unpaired) electrons. The van der Waals surface area contributed by atoms with Crippen LogP contribution in [0.15, 0.2) is 78.0 Å². The number of carbonyl (C=O) groups excluding carboxylic acids is 1. The molecule has 1 N–H and O–H groups in total. The van der Waals surface area contributed by atoms with Gasteiger partial charge in [0.15, 0.2) is 9.84 Å². The van der Waals surface area contributed by atoms with Gasteiger partial charge in [-0.3, -0.25) is 4.79 Å². The van der Waals surface area contributed by atoms with E-state index in [4.69, 9.17) is 0 Å². The maximum absolute atomic E-state index is 14.7. The van der Waals surface area contributed by atoms with Crippen molar-refractivity contribution < 1.29 is 17.6 Å². The molecular weight excluding hydrogens is 575 g/mol. The van der Waals surface area contributed by atoms with Crippen molar-refractivity contribution in [2.24, 2.45) is 23.2 Å². The van der Waals surface area contributed by atoms with Crippen LogP contribution in [0.3, 0.4) is 0 Å². The lowest BCUT2D eigenvalue weighted by Gasteiger charge is -2.48. The first kappa shape index (κ1) is 32.2. The topological polar surface area (TPSA) is 93.5 Å². The molecule has 2 saturated heterocycles. The number of nitrogens with zero attached hydrogens (tertiary/aromatic N) is 3. The minimum Gasteiger partial charge on any atom is -0.371 e. The van der Waals surface area contributed by atoms with Crippen LogP contribution in [-0.2, 0) is 14.6 Å². The smallest absolute Gasteiger partial charge is 0.243 e. The van der Waals surface area contributed by atoms with Crippen LogP contribution in [0.4, 0.5) is 10.1 Å². The fourth-order valence-electron chi connectivity index (χ4n) is 7.84. The summed E-state index contributed by atoms with van der Waals surface area (Å²) in [5.74, 6) is -0.197. The van der Waals surface area contributed by atoms with Gasteiger partial charge in [0.2, 0.25) is 5.91 Å². The number of hydrogen-bond acceptors (Lipinski definition) is 6. The Hall–Kier alpha value is -3.22. The number of rotatable bonds is 12. The van der Waals surface area contributed by atoms with Crippen molar-refractivity contribution in [1.29, 1.82) is 5.26 Å². The first-order valence-corrected chi connectivity index (χ1v) is 17.5. The zero-order valence-electron chi connectivity index (χ0n) is 25.8. The number of amides is 1. The molecule has 7 nitrogen and oxygen atoms in total. The molecule has 0 aromatic heterocycles. The zero-order valence-corrected chi connectivity index (χ0v) is 26.6. The first-order valence-electron chi connectivity index (χ1n) is 15.9. The molecule has 1 aromatic rings. The molecule has 1 amide bonds. The van der Waals surface area contributed by atoms with Crippen LogP contribution < -0.4 is 10.2 Å². The normalized spacial score (nSPS) is 25.5. The molecule has 9 heteroatoms. The molecule has 0 bridgehead atoms. The van der Waals surface area contributed by atoms with Crippen LogP contribution in [0.1, 0.15) is 51.9 Å². The lowest BCUT2D eigenvalue weighted by molar-refractivity contribution is -0.117. The molecule has 0 spiro atoms. The van der Waals surface area contributed by atoms with Gasteiger partial charge in [0.25, 0.3) is 0 Å². The predicted octanol–water partition coefficient (Wildman–Crippen LogP) is 5.74. The van der Waals surface area contributed by atoms with Crippen LogP contribution in [-0.4, -0.2) is 63.2 Å². The molecule has 4 aliphatic rings. The van der Waals surface area contributed by atoms with Crippen LogP contribution in [0.25, 0.3) is 0 Å². The third-order valence-electron chi connectivity index (χ3n) is 10.3. The Morgan fingerprint density at radius 1 is 1.11 bits per heavy atom. The maximum atomic E-state index is 14.7. The second kappa shape index (κ2) is 13.4. The highest BCUT2D eigenvalue weighted by Crippen LogP contribution is 2.53. The predicted molar refractivity (Wildman–Crippen MR) is 172 cm³/mol. The average molecular weight is 621 g/mol. The Kier molecular flexibility index (Phi) is 9.81. The van der Waals surface area contributed by atoms with E-state index in [-0.39, 0.29) is 29.0 Å². The standard InChI is InChI=1S/C35H45FN4O3S/c1-4-7-28(36)20-25(3)35(24-37,32-8-6-9-33(32)38-34(41)5-2)27-16-18-39(19-17-27)21-26-22-40(23-26)29-10-12-30(13-11-29)44(42,43)31-14-15-31/h4-5,7,10-13,20,26-27,31-33H,1-2,6,8-9,14-19,21-23H2,3H3,(H,38,41)/b25-20+,28-7+/t32-,33-,35+/m0/s1. The molecule has 0 unspecified atom stereocenters. The fourth-order valence-corrected chi connectivity index (χ4v) is 9.49. The number of allylic oxidation sites excluding steroid dienone is 5. The summed E-state index contributed by atoms with van der Waals surface area (Å²) in [4.78, 5) is 17.5. The number of carbonyl (C=O) groups is 1. The molecular formula is C35H45FN4O3S. The van der Waals surface area contributed by atoms with Crippen molar-refractivity contribution in [2.75, 3.05) is 37.6 Å². The lowest BCUT2D eigenvalue weighted by atomic mass is 9.59. The summed E-state index contributed by atoms with van der Waals surface area (Å²) < 4.78 is 39.8. The van der Waals surface area contributed by atoms with E-state index in [0.717, 1.165) is 83.4 Å². The highest BCUT2D eigenvalue weighted by Gasteiger charge is 2.52. The van der Waals surface area contributed by atoms with E-state index in [0.29, 0.717) is 16.4 Å². The number of likely N-dealkylation sites (tertiary alicyclic amines) is 1. The fraction of sp³-hybridized carbons (Fsp3) is 0.543. The van der Waals surface area contributed by atoms with Crippen LogP contribution in [0, 0.1) is 34.5 Å². The second-order valence-corrected chi connectivity index (χ2v) is 15.3. The summed E-state index contributed by atoms with van der Waals surface area (Å²) in [6.45, 7) is 13.6. The van der Waals surface area contributed by atoms with Crippen molar-refractivity contribution >= 4 is 21.4 Å². The number of sulfone groups is 1. The van der Waals surface area contributed by atoms with E-state index in [1.807, 2.05) is 19.1 Å². The van der Waals surface area contributed by atoms with Gasteiger partial charge in [-0.15, -0.1) is 0 Å². The molecule has 3 atom stereocenters. The number of anilines is 1. The van der Waals surface area contributed by atoms with Gasteiger partial charge >= 0.3 is 0 Å². The van der Waals surface area contributed by atoms with Crippen LogP contribution in [0.2, 0.25) is 0 Å². The highest BCUT2D eigenvalue weighted by molar-refractivity contribution is 7.92. The third-order valence-corrected chi connectivity index (χ3v) is 12.6. The molecule has 1 aromatic carbocycles.